The molecular formula is C11H16ClNO3. The predicted octanol–water partition coefficient (Wildman–Crippen LogP) is 2.16. The van der Waals surface area contributed by atoms with E-state index in [9.17, 15) is 9.59 Å². The molecule has 0 aliphatic carbocycles. The fourth-order valence-electron chi connectivity index (χ4n) is 1.13. The number of pyridine rings is 1. The molecule has 1 aromatic rings. The second kappa shape index (κ2) is 6.33. The standard InChI is InChI=1S/C9H10ClNO3.C2H6/c1-5-4-6(12)11(2)8(10)7(5)9(13)14-3;1-2/h4H,1-3H3;1-2H3. The topological polar surface area (TPSA) is 48.3 Å². The number of rotatable bonds is 1. The smallest absolute Gasteiger partial charge is 0.341 e. The maximum atomic E-state index is 11.3. The number of ether oxygens (including phenoxy) is 1. The van der Waals surface area contributed by atoms with E-state index in [-0.39, 0.29) is 16.3 Å². The van der Waals surface area contributed by atoms with Crippen LogP contribution in [0.3, 0.4) is 0 Å². The van der Waals surface area contributed by atoms with Gasteiger partial charge in [-0.1, -0.05) is 25.4 Å². The van der Waals surface area contributed by atoms with Crippen molar-refractivity contribution in [3.8, 4) is 0 Å². The summed E-state index contributed by atoms with van der Waals surface area (Å²) >= 11 is 5.84. The second-order valence-electron chi connectivity index (χ2n) is 2.88. The van der Waals surface area contributed by atoms with Gasteiger partial charge in [-0.3, -0.25) is 4.79 Å². The Morgan fingerprint density at radius 3 is 2.38 bits per heavy atom. The molecule has 1 aromatic heterocycles. The van der Waals surface area contributed by atoms with E-state index >= 15 is 0 Å². The van der Waals surface area contributed by atoms with Gasteiger partial charge in [-0.05, 0) is 12.5 Å². The van der Waals surface area contributed by atoms with Gasteiger partial charge in [0.25, 0.3) is 5.56 Å². The van der Waals surface area contributed by atoms with Gasteiger partial charge in [-0.25, -0.2) is 4.79 Å². The fourth-order valence-corrected chi connectivity index (χ4v) is 1.44. The van der Waals surface area contributed by atoms with Gasteiger partial charge in [-0.15, -0.1) is 0 Å². The van der Waals surface area contributed by atoms with Crippen molar-refractivity contribution in [2.75, 3.05) is 7.11 Å². The van der Waals surface area contributed by atoms with Crippen molar-refractivity contribution in [2.45, 2.75) is 20.8 Å². The average Bonchev–Trinajstić information content (AvgIpc) is 2.28. The fraction of sp³-hybridized carbons (Fsp3) is 0.455. The van der Waals surface area contributed by atoms with Crippen LogP contribution < -0.4 is 5.56 Å². The van der Waals surface area contributed by atoms with E-state index in [0.717, 1.165) is 0 Å². The van der Waals surface area contributed by atoms with E-state index in [0.29, 0.717) is 5.56 Å². The Kier molecular flexibility index (Phi) is 5.82. The third kappa shape index (κ3) is 2.85. The third-order valence-corrected chi connectivity index (χ3v) is 2.40. The number of methoxy groups -OCH3 is 1. The molecule has 16 heavy (non-hydrogen) atoms. The quantitative estimate of drug-likeness (QED) is 0.563. The molecule has 0 atom stereocenters. The first kappa shape index (κ1) is 14.7. The summed E-state index contributed by atoms with van der Waals surface area (Å²) in [4.78, 5) is 22.5. The molecule has 0 unspecified atom stereocenters. The van der Waals surface area contributed by atoms with E-state index < -0.39 is 5.97 Å². The van der Waals surface area contributed by atoms with Crippen LogP contribution in [-0.4, -0.2) is 17.6 Å². The molecule has 4 nitrogen and oxygen atoms in total. The monoisotopic (exact) mass is 245 g/mol. The number of carbonyl (C=O) groups excluding carboxylic acids is 1. The summed E-state index contributed by atoms with van der Waals surface area (Å²) in [7, 11) is 2.76. The Bertz CT molecular complexity index is 438. The second-order valence-corrected chi connectivity index (χ2v) is 3.24. The van der Waals surface area contributed by atoms with Crippen LogP contribution in [0.4, 0.5) is 0 Å². The highest BCUT2D eigenvalue weighted by Gasteiger charge is 2.16. The van der Waals surface area contributed by atoms with Crippen molar-refractivity contribution in [2.24, 2.45) is 7.05 Å². The zero-order valence-corrected chi connectivity index (χ0v) is 10.9. The van der Waals surface area contributed by atoms with Crippen molar-refractivity contribution in [3.63, 3.8) is 0 Å². The summed E-state index contributed by atoms with van der Waals surface area (Å²) in [6.45, 7) is 5.64. The SMILES string of the molecule is CC.COC(=O)c1c(C)cc(=O)n(C)c1Cl. The van der Waals surface area contributed by atoms with E-state index in [4.69, 9.17) is 11.6 Å². The van der Waals surface area contributed by atoms with Crippen LogP contribution in [0.2, 0.25) is 5.15 Å². The molecule has 0 fully saturated rings. The van der Waals surface area contributed by atoms with Crippen LogP contribution in [0.25, 0.3) is 0 Å². The number of aromatic nitrogens is 1. The van der Waals surface area contributed by atoms with Crippen LogP contribution in [0.15, 0.2) is 10.9 Å². The molecule has 0 amide bonds. The highest BCUT2D eigenvalue weighted by atomic mass is 35.5. The summed E-state index contributed by atoms with van der Waals surface area (Å²) in [5.74, 6) is -0.539. The molecule has 0 bridgehead atoms. The van der Waals surface area contributed by atoms with Gasteiger partial charge in [0.2, 0.25) is 0 Å². The van der Waals surface area contributed by atoms with Gasteiger partial charge in [0.15, 0.2) is 0 Å². The molecule has 0 aliphatic rings. The summed E-state index contributed by atoms with van der Waals surface area (Å²) in [5, 5.41) is 0.0989. The molecule has 90 valence electrons. The highest BCUT2D eigenvalue weighted by molar-refractivity contribution is 6.32. The largest absolute Gasteiger partial charge is 0.465 e. The molecule has 0 aromatic carbocycles. The number of esters is 1. The number of hydrogen-bond acceptors (Lipinski definition) is 3. The lowest BCUT2D eigenvalue weighted by molar-refractivity contribution is 0.0599. The van der Waals surface area contributed by atoms with Gasteiger partial charge >= 0.3 is 5.97 Å². The summed E-state index contributed by atoms with van der Waals surface area (Å²) in [5.41, 5.74) is 0.501. The molecule has 0 radical (unpaired) electrons. The minimum Gasteiger partial charge on any atom is -0.465 e. The molecule has 0 saturated carbocycles. The molecule has 1 heterocycles. The number of hydrogen-bond donors (Lipinski definition) is 0. The van der Waals surface area contributed by atoms with Crippen molar-refractivity contribution < 1.29 is 9.53 Å². The van der Waals surface area contributed by atoms with Gasteiger partial charge in [0.05, 0.1) is 12.7 Å². The first-order valence-corrected chi connectivity index (χ1v) is 5.31. The van der Waals surface area contributed by atoms with Crippen LogP contribution >= 0.6 is 11.6 Å². The van der Waals surface area contributed by atoms with Gasteiger partial charge < -0.3 is 9.30 Å². The van der Waals surface area contributed by atoms with Crippen molar-refractivity contribution in [3.05, 3.63) is 32.7 Å². The van der Waals surface area contributed by atoms with E-state index in [1.54, 1.807) is 6.92 Å². The van der Waals surface area contributed by atoms with Crippen LogP contribution in [0.1, 0.15) is 29.8 Å². The van der Waals surface area contributed by atoms with E-state index in [2.05, 4.69) is 4.74 Å². The zero-order chi connectivity index (χ0) is 12.9. The Balaban J connectivity index is 0.00000106. The van der Waals surface area contributed by atoms with Crippen molar-refractivity contribution in [1.82, 2.24) is 4.57 Å². The summed E-state index contributed by atoms with van der Waals surface area (Å²) < 4.78 is 5.75. The average molecular weight is 246 g/mol. The molecule has 5 heteroatoms. The maximum absolute atomic E-state index is 11.3. The molecule has 0 N–H and O–H groups in total. The molecular weight excluding hydrogens is 230 g/mol. The lowest BCUT2D eigenvalue weighted by atomic mass is 10.1. The lowest BCUT2D eigenvalue weighted by Crippen LogP contribution is -2.21. The van der Waals surface area contributed by atoms with Crippen LogP contribution in [0.5, 0.6) is 0 Å². The number of halogens is 1. The minimum atomic E-state index is -0.539. The first-order chi connectivity index (χ1) is 7.49. The third-order valence-electron chi connectivity index (χ3n) is 1.96. The normalized spacial score (nSPS) is 9.12. The first-order valence-electron chi connectivity index (χ1n) is 4.93. The summed E-state index contributed by atoms with van der Waals surface area (Å²) in [6.07, 6.45) is 0. The molecule has 0 saturated heterocycles. The Labute approximate surface area is 99.8 Å². The predicted molar refractivity (Wildman–Crippen MR) is 64.1 cm³/mol. The number of carbonyl (C=O) groups is 1. The van der Waals surface area contributed by atoms with Crippen molar-refractivity contribution >= 4 is 17.6 Å². The van der Waals surface area contributed by atoms with Crippen LogP contribution in [0, 0.1) is 6.92 Å². The van der Waals surface area contributed by atoms with Crippen LogP contribution in [-0.2, 0) is 11.8 Å². The Morgan fingerprint density at radius 1 is 1.44 bits per heavy atom. The van der Waals surface area contributed by atoms with Gasteiger partial charge in [-0.2, -0.15) is 0 Å². The van der Waals surface area contributed by atoms with E-state index in [1.807, 2.05) is 13.8 Å². The maximum Gasteiger partial charge on any atom is 0.341 e. The van der Waals surface area contributed by atoms with E-state index in [1.165, 1.54) is 24.8 Å². The summed E-state index contributed by atoms with van der Waals surface area (Å²) in [6, 6.07) is 1.35. The molecule has 0 spiro atoms. The number of aryl methyl sites for hydroxylation is 1. The molecule has 1 rings (SSSR count). The minimum absolute atomic E-state index is 0.0989. The highest BCUT2D eigenvalue weighted by Crippen LogP contribution is 2.17. The van der Waals surface area contributed by atoms with Gasteiger partial charge in [0, 0.05) is 13.1 Å². The van der Waals surface area contributed by atoms with Gasteiger partial charge in [0.1, 0.15) is 5.15 Å². The number of nitrogens with zero attached hydrogens (tertiary/aromatic N) is 1. The zero-order valence-electron chi connectivity index (χ0n) is 10.1. The van der Waals surface area contributed by atoms with Crippen molar-refractivity contribution in [1.29, 1.82) is 0 Å². The Hall–Kier alpha value is -1.29. The Morgan fingerprint density at radius 2 is 1.94 bits per heavy atom. The molecule has 0 aliphatic heterocycles. The lowest BCUT2D eigenvalue weighted by Gasteiger charge is -2.08.